The van der Waals surface area contributed by atoms with Crippen LogP contribution < -0.4 is 5.06 Å². The molecule has 0 amide bonds. The first-order valence-corrected chi connectivity index (χ1v) is 2.93. The topological polar surface area (TPSA) is 47.7 Å². The van der Waals surface area contributed by atoms with Crippen LogP contribution in [0.1, 0.15) is 20.3 Å². The molecule has 0 rings (SSSR count). The van der Waals surface area contributed by atoms with Crippen LogP contribution in [0.4, 0.5) is 0 Å². The molecule has 3 nitrogen and oxygen atoms in total. The first-order chi connectivity index (χ1) is 3.72. The van der Waals surface area contributed by atoms with E-state index in [4.69, 9.17) is 5.11 Å². The number of quaternary nitrogens is 1. The molecule has 0 spiro atoms. The summed E-state index contributed by atoms with van der Waals surface area (Å²) in [5.74, 6) is 0. The molecule has 0 aliphatic carbocycles. The van der Waals surface area contributed by atoms with Crippen LogP contribution in [-0.2, 0) is 0 Å². The van der Waals surface area contributed by atoms with E-state index in [1.165, 1.54) is 0 Å². The molecule has 0 saturated carbocycles. The molecule has 3 heteroatoms. The maximum absolute atomic E-state index is 10.5. The third-order valence-corrected chi connectivity index (χ3v) is 1.11. The molecule has 0 aliphatic heterocycles. The number of nitrogens with one attached hydrogen (secondary N) is 1. The molecule has 0 fully saturated rings. The van der Waals surface area contributed by atoms with Crippen LogP contribution in [-0.4, -0.2) is 17.9 Å². The molecule has 8 heavy (non-hydrogen) atoms. The molecule has 0 aromatic carbocycles. The van der Waals surface area contributed by atoms with Gasteiger partial charge in [0.2, 0.25) is 0 Å². The highest BCUT2D eigenvalue weighted by atomic mass is 16.5. The fraction of sp³-hybridized carbons (Fsp3) is 1.00. The standard InChI is InChI=1S/C5H13NO2/c1-3-5(7)6(8)4-2/h5-7H,3-4H2,1-2H3. The summed E-state index contributed by atoms with van der Waals surface area (Å²) >= 11 is 0. The molecule has 0 heterocycles. The number of hydrogen-bond acceptors (Lipinski definition) is 2. The summed E-state index contributed by atoms with van der Waals surface area (Å²) in [5.41, 5.74) is 0. The van der Waals surface area contributed by atoms with Crippen molar-refractivity contribution < 1.29 is 10.2 Å². The van der Waals surface area contributed by atoms with Crippen LogP contribution in [0.3, 0.4) is 0 Å². The normalized spacial score (nSPS) is 18.0. The lowest BCUT2D eigenvalue weighted by Gasteiger charge is -2.24. The minimum atomic E-state index is -0.722. The van der Waals surface area contributed by atoms with E-state index in [0.717, 1.165) is 0 Å². The van der Waals surface area contributed by atoms with E-state index in [2.05, 4.69) is 0 Å². The second-order valence-electron chi connectivity index (χ2n) is 1.74. The van der Waals surface area contributed by atoms with Crippen molar-refractivity contribution in [1.29, 1.82) is 0 Å². The summed E-state index contributed by atoms with van der Waals surface area (Å²) in [6.45, 7) is 3.98. The van der Waals surface area contributed by atoms with Gasteiger partial charge in [-0.05, 0) is 6.92 Å². The highest BCUT2D eigenvalue weighted by Gasteiger charge is 2.03. The Morgan fingerprint density at radius 3 is 2.25 bits per heavy atom. The second-order valence-corrected chi connectivity index (χ2v) is 1.74. The molecule has 0 saturated heterocycles. The highest BCUT2D eigenvalue weighted by Crippen LogP contribution is 1.75. The summed E-state index contributed by atoms with van der Waals surface area (Å²) in [6.07, 6.45) is -0.188. The third-order valence-electron chi connectivity index (χ3n) is 1.11. The highest BCUT2D eigenvalue weighted by molar-refractivity contribution is 4.29. The Balaban J connectivity index is 3.29. The Morgan fingerprint density at radius 1 is 1.62 bits per heavy atom. The van der Waals surface area contributed by atoms with Gasteiger partial charge in [-0.15, -0.1) is 0 Å². The molecule has 0 radical (unpaired) electrons. The fourth-order valence-corrected chi connectivity index (χ4v) is 0.463. The van der Waals surface area contributed by atoms with Crippen molar-refractivity contribution in [2.24, 2.45) is 0 Å². The van der Waals surface area contributed by atoms with Gasteiger partial charge < -0.3 is 15.4 Å². The van der Waals surface area contributed by atoms with Gasteiger partial charge in [0.1, 0.15) is 0 Å². The van der Waals surface area contributed by atoms with E-state index in [1.807, 2.05) is 0 Å². The van der Waals surface area contributed by atoms with Crippen molar-refractivity contribution in [2.45, 2.75) is 26.5 Å². The number of aliphatic hydroxyl groups excluding tert-OH is 1. The van der Waals surface area contributed by atoms with Gasteiger partial charge in [0.25, 0.3) is 0 Å². The average Bonchev–Trinajstić information content (AvgIpc) is 1.84. The van der Waals surface area contributed by atoms with Crippen molar-refractivity contribution in [3.05, 3.63) is 5.21 Å². The van der Waals surface area contributed by atoms with Crippen molar-refractivity contribution >= 4 is 0 Å². The quantitative estimate of drug-likeness (QED) is 0.374. The Bertz CT molecular complexity index is 50.4. The molecule has 2 N–H and O–H groups in total. The van der Waals surface area contributed by atoms with Gasteiger partial charge in [-0.1, -0.05) is 6.92 Å². The van der Waals surface area contributed by atoms with Crippen molar-refractivity contribution in [3.8, 4) is 0 Å². The van der Waals surface area contributed by atoms with E-state index in [9.17, 15) is 5.21 Å². The Kier molecular flexibility index (Phi) is 3.77. The van der Waals surface area contributed by atoms with Crippen LogP contribution in [0.5, 0.6) is 0 Å². The average molecular weight is 119 g/mol. The number of hydrogen-bond donors (Lipinski definition) is 2. The predicted molar refractivity (Wildman–Crippen MR) is 31.2 cm³/mol. The molecule has 2 unspecified atom stereocenters. The summed E-state index contributed by atoms with van der Waals surface area (Å²) in [7, 11) is 0. The lowest BCUT2D eigenvalue weighted by molar-refractivity contribution is -0.898. The van der Waals surface area contributed by atoms with Crippen molar-refractivity contribution in [1.82, 2.24) is 0 Å². The number of rotatable bonds is 3. The Hall–Kier alpha value is -0.120. The van der Waals surface area contributed by atoms with E-state index in [1.54, 1.807) is 13.8 Å². The molecule has 0 aliphatic rings. The fourth-order valence-electron chi connectivity index (χ4n) is 0.463. The summed E-state index contributed by atoms with van der Waals surface area (Å²) < 4.78 is 0. The zero-order valence-corrected chi connectivity index (χ0v) is 5.35. The van der Waals surface area contributed by atoms with Gasteiger partial charge in [-0.25, -0.2) is 0 Å². The summed E-state index contributed by atoms with van der Waals surface area (Å²) in [4.78, 5) is 0. The maximum atomic E-state index is 10.5. The van der Waals surface area contributed by atoms with Crippen molar-refractivity contribution in [2.75, 3.05) is 6.54 Å². The molecule has 50 valence electrons. The van der Waals surface area contributed by atoms with Gasteiger partial charge in [0.15, 0.2) is 6.23 Å². The van der Waals surface area contributed by atoms with E-state index in [0.29, 0.717) is 13.0 Å². The Morgan fingerprint density at radius 2 is 2.12 bits per heavy atom. The molecule has 0 bridgehead atoms. The number of hydroxylamine groups is 2. The lowest BCUT2D eigenvalue weighted by Crippen LogP contribution is -3.11. The zero-order chi connectivity index (χ0) is 6.57. The van der Waals surface area contributed by atoms with E-state index >= 15 is 0 Å². The molecule has 0 aromatic heterocycles. The summed E-state index contributed by atoms with van der Waals surface area (Å²) in [5, 5.41) is 19.2. The van der Waals surface area contributed by atoms with Gasteiger partial charge in [-0.2, -0.15) is 0 Å². The Labute approximate surface area is 49.5 Å². The predicted octanol–water partition coefficient (Wildman–Crippen LogP) is -0.883. The smallest absolute Gasteiger partial charge is 0.188 e. The van der Waals surface area contributed by atoms with Crippen LogP contribution in [0, 0.1) is 5.21 Å². The van der Waals surface area contributed by atoms with Crippen LogP contribution in [0.25, 0.3) is 0 Å². The minimum absolute atomic E-state index is 0.0625. The second kappa shape index (κ2) is 3.83. The van der Waals surface area contributed by atoms with E-state index in [-0.39, 0.29) is 5.06 Å². The SMILES string of the molecule is CCC(O)[NH+]([O-])CC. The number of aliphatic hydroxyl groups is 1. The largest absolute Gasteiger partial charge is 0.632 e. The van der Waals surface area contributed by atoms with Crippen molar-refractivity contribution in [3.63, 3.8) is 0 Å². The van der Waals surface area contributed by atoms with Gasteiger partial charge in [0, 0.05) is 6.42 Å². The minimum Gasteiger partial charge on any atom is -0.632 e. The van der Waals surface area contributed by atoms with Crippen LogP contribution in [0.2, 0.25) is 0 Å². The zero-order valence-electron chi connectivity index (χ0n) is 5.35. The van der Waals surface area contributed by atoms with Crippen LogP contribution >= 0.6 is 0 Å². The van der Waals surface area contributed by atoms with Gasteiger partial charge in [0.05, 0.1) is 6.54 Å². The molecule has 2 atom stereocenters. The monoisotopic (exact) mass is 119 g/mol. The van der Waals surface area contributed by atoms with E-state index < -0.39 is 6.23 Å². The molecular weight excluding hydrogens is 106 g/mol. The molecular formula is C5H13NO2. The first kappa shape index (κ1) is 7.88. The third kappa shape index (κ3) is 2.26. The lowest BCUT2D eigenvalue weighted by atomic mass is 10.4. The molecule has 0 aromatic rings. The van der Waals surface area contributed by atoms with Gasteiger partial charge in [-0.3, -0.25) is 0 Å². The summed E-state index contributed by atoms with van der Waals surface area (Å²) in [6, 6.07) is 0. The first-order valence-electron chi connectivity index (χ1n) is 2.93. The maximum Gasteiger partial charge on any atom is 0.188 e. The van der Waals surface area contributed by atoms with Crippen LogP contribution in [0.15, 0.2) is 0 Å². The van der Waals surface area contributed by atoms with Gasteiger partial charge >= 0.3 is 0 Å².